The molecule has 0 amide bonds. The molecule has 0 aliphatic carbocycles. The maximum atomic E-state index is 9.36. The Bertz CT molecular complexity index is 31.0. The Labute approximate surface area is 30.5 Å². The van der Waals surface area contributed by atoms with E-state index < -0.39 is 7.15 Å². The van der Waals surface area contributed by atoms with Crippen LogP contribution in [0.1, 0.15) is 0 Å². The molecule has 0 aromatic heterocycles. The minimum Gasteiger partial charge on any atom is -0.270 e. The van der Waals surface area contributed by atoms with Crippen molar-refractivity contribution in [2.45, 2.75) is 0 Å². The molecule has 0 rings (SSSR count). The first kappa shape index (κ1) is 4.39. The molecule has 25 valence electrons. The predicted octanol–water partition coefficient (Wildman–Crippen LogP) is 1.60. The fourth-order valence-corrected chi connectivity index (χ4v) is 0. The largest absolute Gasteiger partial charge is 0.270 e. The highest BCUT2D eigenvalue weighted by atomic mass is 35.7. The second-order valence-electron chi connectivity index (χ2n) is 0.421. The molecule has 0 aliphatic rings. The fraction of sp³-hybridized carbons (Fsp3) is 1.00. The molecular formula is CH3ClOP. The molecule has 0 aromatic rings. The summed E-state index contributed by atoms with van der Waals surface area (Å²) in [5.41, 5.74) is 0. The molecule has 0 saturated carbocycles. The van der Waals surface area contributed by atoms with E-state index in [9.17, 15) is 4.57 Å². The zero-order valence-corrected chi connectivity index (χ0v) is 3.88. The van der Waals surface area contributed by atoms with Crippen LogP contribution in [0.4, 0.5) is 0 Å². The summed E-state index contributed by atoms with van der Waals surface area (Å²) in [6.07, 6.45) is 0. The standard InChI is InChI=1S/CH3ClOP/c1-4(2)3/h1H3. The summed E-state index contributed by atoms with van der Waals surface area (Å²) in [5, 5.41) is 0. The average molecular weight is 97.5 g/mol. The third kappa shape index (κ3) is 30.4. The van der Waals surface area contributed by atoms with Gasteiger partial charge in [-0.25, -0.2) is 0 Å². The minimum atomic E-state index is -1.40. The van der Waals surface area contributed by atoms with Crippen LogP contribution in [0, 0.1) is 0 Å². The Balaban J connectivity index is 2.80. The smallest absolute Gasteiger partial charge is 0.164 e. The lowest BCUT2D eigenvalue weighted by atomic mass is 12.0. The minimum absolute atomic E-state index is 1.40. The van der Waals surface area contributed by atoms with Crippen LogP contribution < -0.4 is 0 Å². The monoisotopic (exact) mass is 97.0 g/mol. The van der Waals surface area contributed by atoms with E-state index >= 15 is 0 Å². The SMILES string of the molecule is C[P](=O)Cl. The fourth-order valence-electron chi connectivity index (χ4n) is 0. The van der Waals surface area contributed by atoms with Crippen LogP contribution in [0.15, 0.2) is 0 Å². The van der Waals surface area contributed by atoms with Crippen molar-refractivity contribution in [1.29, 1.82) is 0 Å². The van der Waals surface area contributed by atoms with Gasteiger partial charge in [-0.2, -0.15) is 0 Å². The average Bonchev–Trinajstić information content (AvgIpc) is 0.811. The van der Waals surface area contributed by atoms with Gasteiger partial charge >= 0.3 is 0 Å². The summed E-state index contributed by atoms with van der Waals surface area (Å²) in [7, 11) is -1.40. The Hall–Kier alpha value is 0.390. The topological polar surface area (TPSA) is 17.1 Å². The van der Waals surface area contributed by atoms with Gasteiger partial charge < -0.3 is 0 Å². The Kier molecular flexibility index (Phi) is 1.85. The van der Waals surface area contributed by atoms with Gasteiger partial charge in [0.2, 0.25) is 0 Å². The van der Waals surface area contributed by atoms with Crippen LogP contribution in [0.25, 0.3) is 0 Å². The van der Waals surface area contributed by atoms with Crippen LogP contribution in [-0.4, -0.2) is 6.66 Å². The van der Waals surface area contributed by atoms with E-state index in [1.807, 2.05) is 0 Å². The van der Waals surface area contributed by atoms with Crippen molar-refractivity contribution in [3.05, 3.63) is 0 Å². The maximum absolute atomic E-state index is 9.36. The van der Waals surface area contributed by atoms with Crippen molar-refractivity contribution in [3.63, 3.8) is 0 Å². The Morgan fingerprint density at radius 1 is 2.00 bits per heavy atom. The van der Waals surface area contributed by atoms with Crippen molar-refractivity contribution in [2.75, 3.05) is 6.66 Å². The number of hydrogen-bond acceptors (Lipinski definition) is 1. The number of halogens is 1. The molecule has 1 nitrogen and oxygen atoms in total. The van der Waals surface area contributed by atoms with Gasteiger partial charge in [0.1, 0.15) is 0 Å². The Morgan fingerprint density at radius 3 is 2.00 bits per heavy atom. The lowest BCUT2D eigenvalue weighted by Crippen LogP contribution is -1.17. The van der Waals surface area contributed by atoms with Crippen LogP contribution in [-0.2, 0) is 4.57 Å². The molecule has 0 spiro atoms. The van der Waals surface area contributed by atoms with E-state index in [1.54, 1.807) is 0 Å². The van der Waals surface area contributed by atoms with Gasteiger partial charge in [-0.15, -0.1) is 0 Å². The molecule has 0 saturated heterocycles. The molecule has 0 N–H and O–H groups in total. The summed E-state index contributed by atoms with van der Waals surface area (Å²) < 4.78 is 9.36. The molecule has 0 aromatic carbocycles. The molecule has 1 atom stereocenters. The lowest BCUT2D eigenvalue weighted by molar-refractivity contribution is 0.598. The van der Waals surface area contributed by atoms with E-state index in [0.29, 0.717) is 0 Å². The van der Waals surface area contributed by atoms with Crippen molar-refractivity contribution in [2.24, 2.45) is 0 Å². The summed E-state index contributed by atoms with van der Waals surface area (Å²) >= 11 is 4.78. The van der Waals surface area contributed by atoms with E-state index in [1.165, 1.54) is 6.66 Å². The van der Waals surface area contributed by atoms with Crippen LogP contribution in [0.5, 0.6) is 0 Å². The van der Waals surface area contributed by atoms with Crippen molar-refractivity contribution >= 4 is 18.4 Å². The van der Waals surface area contributed by atoms with Gasteiger partial charge in [-0.1, -0.05) is 0 Å². The molecule has 3 heteroatoms. The van der Waals surface area contributed by atoms with E-state index in [4.69, 9.17) is 11.2 Å². The first-order valence-electron chi connectivity index (χ1n) is 0.799. The Morgan fingerprint density at radius 2 is 2.00 bits per heavy atom. The molecular weight excluding hydrogens is 94.4 g/mol. The predicted molar refractivity (Wildman–Crippen MR) is 19.4 cm³/mol. The van der Waals surface area contributed by atoms with Crippen molar-refractivity contribution in [3.8, 4) is 0 Å². The third-order valence-corrected chi connectivity index (χ3v) is 0. The van der Waals surface area contributed by atoms with E-state index in [0.717, 1.165) is 0 Å². The molecule has 0 bridgehead atoms. The van der Waals surface area contributed by atoms with Crippen molar-refractivity contribution in [1.82, 2.24) is 0 Å². The molecule has 1 radical (unpaired) electrons. The van der Waals surface area contributed by atoms with Gasteiger partial charge in [0, 0.05) is 6.66 Å². The maximum Gasteiger partial charge on any atom is 0.164 e. The molecule has 0 aliphatic heterocycles. The summed E-state index contributed by atoms with van der Waals surface area (Å²) in [6.45, 7) is 1.44. The van der Waals surface area contributed by atoms with Gasteiger partial charge in [0.15, 0.2) is 7.15 Å². The van der Waals surface area contributed by atoms with Crippen LogP contribution in [0.3, 0.4) is 0 Å². The van der Waals surface area contributed by atoms with Crippen LogP contribution in [0.2, 0.25) is 0 Å². The van der Waals surface area contributed by atoms with E-state index in [-0.39, 0.29) is 0 Å². The third-order valence-electron chi connectivity index (χ3n) is 0. The normalized spacial score (nSPS) is 11.0. The van der Waals surface area contributed by atoms with Crippen LogP contribution >= 0.6 is 18.4 Å². The summed E-state index contributed by atoms with van der Waals surface area (Å²) in [5.74, 6) is 0. The van der Waals surface area contributed by atoms with E-state index in [2.05, 4.69) is 0 Å². The second kappa shape index (κ2) is 1.68. The van der Waals surface area contributed by atoms with Gasteiger partial charge in [0.25, 0.3) is 0 Å². The van der Waals surface area contributed by atoms with Gasteiger partial charge in [-0.3, -0.25) is 4.57 Å². The highest BCUT2D eigenvalue weighted by Gasteiger charge is 1.64. The molecule has 1 unspecified atom stereocenters. The highest BCUT2D eigenvalue weighted by molar-refractivity contribution is 7.73. The van der Waals surface area contributed by atoms with Gasteiger partial charge in [0.05, 0.1) is 0 Å². The second-order valence-corrected chi connectivity index (χ2v) is 2.69. The number of rotatable bonds is 0. The molecule has 0 heterocycles. The zero-order chi connectivity index (χ0) is 3.58. The van der Waals surface area contributed by atoms with Gasteiger partial charge in [-0.05, 0) is 11.2 Å². The zero-order valence-electron chi connectivity index (χ0n) is 2.23. The summed E-state index contributed by atoms with van der Waals surface area (Å²) in [6, 6.07) is 0. The molecule has 4 heavy (non-hydrogen) atoms. The first-order chi connectivity index (χ1) is 1.73. The first-order valence-corrected chi connectivity index (χ1v) is 3.41. The van der Waals surface area contributed by atoms with Crippen molar-refractivity contribution < 1.29 is 4.57 Å². The highest BCUT2D eigenvalue weighted by Crippen LogP contribution is 2.17. The number of hydrogen-bond donors (Lipinski definition) is 0. The lowest BCUT2D eigenvalue weighted by Gasteiger charge is -1.53. The summed E-state index contributed by atoms with van der Waals surface area (Å²) in [4.78, 5) is 0. The quantitative estimate of drug-likeness (QED) is 0.420. The molecule has 0 fully saturated rings.